The molecular weight excluding hydrogens is 388 g/mol. The van der Waals surface area contributed by atoms with Gasteiger partial charge in [0.25, 0.3) is 0 Å². The number of aliphatic hydroxyl groups excluding tert-OH is 3. The molecule has 0 aromatic rings. The Morgan fingerprint density at radius 1 is 1.20 bits per heavy atom. The van der Waals surface area contributed by atoms with Crippen LogP contribution in [0.4, 0.5) is 0 Å². The fraction of sp³-hybridized carbons (Fsp3) is 0.739. The van der Waals surface area contributed by atoms with Crippen LogP contribution >= 0.6 is 0 Å². The van der Waals surface area contributed by atoms with Crippen LogP contribution in [-0.4, -0.2) is 56.8 Å². The molecule has 30 heavy (non-hydrogen) atoms. The smallest absolute Gasteiger partial charge is 0.306 e. The van der Waals surface area contributed by atoms with Gasteiger partial charge < -0.3 is 25.2 Å². The molecule has 0 saturated heterocycles. The number of rotatable bonds is 10. The van der Waals surface area contributed by atoms with Gasteiger partial charge in [0.15, 0.2) is 0 Å². The van der Waals surface area contributed by atoms with E-state index in [2.05, 4.69) is 13.0 Å². The van der Waals surface area contributed by atoms with Crippen molar-refractivity contribution >= 4 is 11.9 Å². The third-order valence-electron chi connectivity index (χ3n) is 6.02. The Morgan fingerprint density at radius 3 is 2.53 bits per heavy atom. The normalized spacial score (nSPS) is 30.4. The van der Waals surface area contributed by atoms with Crippen molar-refractivity contribution in [2.24, 2.45) is 23.7 Å². The number of carboxylic acids is 1. The van der Waals surface area contributed by atoms with Gasteiger partial charge in [0.1, 0.15) is 6.10 Å². The Balaban J connectivity index is 2.07. The van der Waals surface area contributed by atoms with Crippen LogP contribution in [0.2, 0.25) is 0 Å². The minimum Gasteiger partial charge on any atom is -0.481 e. The summed E-state index contributed by atoms with van der Waals surface area (Å²) in [6.07, 6.45) is 4.29. The maximum Gasteiger partial charge on any atom is 0.306 e. The van der Waals surface area contributed by atoms with E-state index in [1.165, 1.54) is 0 Å². The lowest BCUT2D eigenvalue weighted by Crippen LogP contribution is -2.42. The summed E-state index contributed by atoms with van der Waals surface area (Å²) in [5.41, 5.74) is 0.958. The number of ether oxygens (including phenoxy) is 1. The number of carbonyl (C=O) groups excluding carboxylic acids is 1. The van der Waals surface area contributed by atoms with E-state index in [0.29, 0.717) is 25.7 Å². The molecule has 0 aliphatic heterocycles. The molecule has 7 atom stereocenters. The van der Waals surface area contributed by atoms with E-state index >= 15 is 0 Å². The van der Waals surface area contributed by atoms with E-state index in [1.54, 1.807) is 0 Å². The zero-order valence-electron chi connectivity index (χ0n) is 18.1. The molecule has 0 spiro atoms. The van der Waals surface area contributed by atoms with Gasteiger partial charge in [0, 0.05) is 18.8 Å². The molecule has 0 amide bonds. The van der Waals surface area contributed by atoms with E-state index in [9.17, 15) is 24.9 Å². The molecule has 0 radical (unpaired) electrons. The number of aliphatic carboxylic acids is 1. The second-order valence-corrected chi connectivity index (χ2v) is 9.22. The van der Waals surface area contributed by atoms with Crippen LogP contribution in [0.1, 0.15) is 59.3 Å². The van der Waals surface area contributed by atoms with E-state index in [4.69, 9.17) is 9.84 Å². The molecule has 4 N–H and O–H groups in total. The van der Waals surface area contributed by atoms with Crippen molar-refractivity contribution in [3.8, 4) is 0 Å². The molecule has 7 heteroatoms. The highest BCUT2D eigenvalue weighted by Gasteiger charge is 2.41. The van der Waals surface area contributed by atoms with Crippen molar-refractivity contribution in [2.45, 2.75) is 83.7 Å². The summed E-state index contributed by atoms with van der Waals surface area (Å²) in [4.78, 5) is 23.0. The van der Waals surface area contributed by atoms with Gasteiger partial charge in [-0.1, -0.05) is 39.0 Å². The highest BCUT2D eigenvalue weighted by atomic mass is 16.5. The fourth-order valence-corrected chi connectivity index (χ4v) is 4.64. The van der Waals surface area contributed by atoms with E-state index in [1.807, 2.05) is 26.0 Å². The Hall–Kier alpha value is -1.70. The van der Waals surface area contributed by atoms with Crippen LogP contribution in [-0.2, 0) is 14.3 Å². The zero-order chi connectivity index (χ0) is 22.4. The number of carbonyl (C=O) groups is 2. The first-order chi connectivity index (χ1) is 14.1. The molecule has 0 fully saturated rings. The number of hydrogen-bond donors (Lipinski definition) is 4. The van der Waals surface area contributed by atoms with Gasteiger partial charge in [0.2, 0.25) is 0 Å². The number of aliphatic hydroxyl groups is 3. The topological polar surface area (TPSA) is 124 Å². The lowest BCUT2D eigenvalue weighted by Gasteiger charge is -2.43. The van der Waals surface area contributed by atoms with Crippen molar-refractivity contribution in [3.63, 3.8) is 0 Å². The quantitative estimate of drug-likeness (QED) is 0.397. The molecule has 170 valence electrons. The molecule has 2 aliphatic rings. The van der Waals surface area contributed by atoms with Crippen molar-refractivity contribution in [1.29, 1.82) is 0 Å². The van der Waals surface area contributed by atoms with Crippen molar-refractivity contribution in [1.82, 2.24) is 0 Å². The number of hydrogen-bond acceptors (Lipinski definition) is 6. The first-order valence-electron chi connectivity index (χ1n) is 10.9. The number of allylic oxidation sites excluding steroid dienone is 2. The second-order valence-electron chi connectivity index (χ2n) is 9.22. The molecular formula is C23H36O7. The highest BCUT2D eigenvalue weighted by Crippen LogP contribution is 2.44. The van der Waals surface area contributed by atoms with Crippen LogP contribution in [0.3, 0.4) is 0 Å². The van der Waals surface area contributed by atoms with Gasteiger partial charge in [-0.25, -0.2) is 0 Å². The van der Waals surface area contributed by atoms with Gasteiger partial charge in [-0.15, -0.1) is 0 Å². The van der Waals surface area contributed by atoms with Gasteiger partial charge in [0.05, 0.1) is 24.7 Å². The Bertz CT molecular complexity index is 654. The van der Waals surface area contributed by atoms with Gasteiger partial charge in [-0.3, -0.25) is 9.59 Å². The van der Waals surface area contributed by atoms with E-state index in [0.717, 1.165) is 5.57 Å². The maximum absolute atomic E-state index is 12.3. The van der Waals surface area contributed by atoms with E-state index in [-0.39, 0.29) is 42.5 Å². The molecule has 0 heterocycles. The van der Waals surface area contributed by atoms with Gasteiger partial charge in [-0.05, 0) is 42.6 Å². The summed E-state index contributed by atoms with van der Waals surface area (Å²) < 4.78 is 5.79. The van der Waals surface area contributed by atoms with Crippen molar-refractivity contribution in [3.05, 3.63) is 23.8 Å². The fourth-order valence-electron chi connectivity index (χ4n) is 4.64. The molecule has 0 unspecified atom stereocenters. The van der Waals surface area contributed by atoms with Gasteiger partial charge >= 0.3 is 11.9 Å². The molecule has 2 rings (SSSR count). The molecule has 2 aliphatic carbocycles. The number of carboxylic acid groups (broad SMARTS) is 1. The van der Waals surface area contributed by atoms with Crippen LogP contribution in [0.25, 0.3) is 0 Å². The summed E-state index contributed by atoms with van der Waals surface area (Å²) in [6, 6.07) is 0. The minimum atomic E-state index is -1.10. The van der Waals surface area contributed by atoms with Crippen molar-refractivity contribution < 1.29 is 34.8 Å². The monoisotopic (exact) mass is 424 g/mol. The SMILES string of the molecule is CC(C)CC(=O)O[C@H]1C[C@H](O)C=C2C=C[C@H](C)[C@H](CC[C@@H](O)C[C@@H](O)CC(=O)O)[C@H]21. The summed E-state index contributed by atoms with van der Waals surface area (Å²) in [6.45, 7) is 6.00. The lowest BCUT2D eigenvalue weighted by atomic mass is 9.66. The Labute approximate surface area is 178 Å². The summed E-state index contributed by atoms with van der Waals surface area (Å²) >= 11 is 0. The van der Waals surface area contributed by atoms with Crippen molar-refractivity contribution in [2.75, 3.05) is 0 Å². The first-order valence-corrected chi connectivity index (χ1v) is 10.9. The predicted molar refractivity (Wildman–Crippen MR) is 111 cm³/mol. The summed E-state index contributed by atoms with van der Waals surface area (Å²) in [5, 5.41) is 39.0. The molecule has 0 bridgehead atoms. The third-order valence-corrected chi connectivity index (χ3v) is 6.02. The molecule has 0 saturated carbocycles. The number of fused-ring (bicyclic) bond motifs is 1. The maximum atomic E-state index is 12.3. The molecule has 7 nitrogen and oxygen atoms in total. The molecule has 0 aromatic heterocycles. The zero-order valence-corrected chi connectivity index (χ0v) is 18.1. The largest absolute Gasteiger partial charge is 0.481 e. The average molecular weight is 425 g/mol. The lowest BCUT2D eigenvalue weighted by molar-refractivity contribution is -0.155. The first kappa shape index (κ1) is 24.6. The second kappa shape index (κ2) is 11.1. The van der Waals surface area contributed by atoms with Gasteiger partial charge in [-0.2, -0.15) is 0 Å². The summed E-state index contributed by atoms with van der Waals surface area (Å²) in [5.74, 6) is -0.916. The number of esters is 1. The standard InChI is InChI=1S/C23H36O7/c1-13(2)8-22(29)30-20-11-17(25)9-15-5-4-14(3)19(23(15)20)7-6-16(24)10-18(26)12-21(27)28/h4-5,9,13-14,16-20,23-26H,6-8,10-12H2,1-3H3,(H,27,28)/t14-,16+,17+,18+,19-,20-,23-/m0/s1. The summed E-state index contributed by atoms with van der Waals surface area (Å²) in [7, 11) is 0. The third kappa shape index (κ3) is 7.22. The predicted octanol–water partition coefficient (Wildman–Crippen LogP) is 2.44. The van der Waals surface area contributed by atoms with Crippen LogP contribution in [0, 0.1) is 23.7 Å². The van der Waals surface area contributed by atoms with Crippen LogP contribution in [0.15, 0.2) is 23.8 Å². The van der Waals surface area contributed by atoms with Crippen LogP contribution < -0.4 is 0 Å². The Morgan fingerprint density at radius 2 is 1.90 bits per heavy atom. The molecule has 0 aromatic carbocycles. The Kier molecular flexibility index (Phi) is 9.07. The highest BCUT2D eigenvalue weighted by molar-refractivity contribution is 5.70. The van der Waals surface area contributed by atoms with E-state index < -0.39 is 30.4 Å². The van der Waals surface area contributed by atoms with Crippen LogP contribution in [0.5, 0.6) is 0 Å². The average Bonchev–Trinajstić information content (AvgIpc) is 2.59. The minimum absolute atomic E-state index is 0.0160.